The molecule has 2 aromatic rings. The van der Waals surface area contributed by atoms with E-state index in [1.165, 1.54) is 6.92 Å². The number of nitrogens with zero attached hydrogens (tertiary/aromatic N) is 2. The highest BCUT2D eigenvalue weighted by Gasteiger charge is 2.18. The van der Waals surface area contributed by atoms with Crippen molar-refractivity contribution in [2.75, 3.05) is 51.8 Å². The van der Waals surface area contributed by atoms with Crippen molar-refractivity contribution in [3.05, 3.63) is 36.4 Å². The van der Waals surface area contributed by atoms with Crippen LogP contribution in [-0.4, -0.2) is 76.8 Å². The second-order valence-electron chi connectivity index (χ2n) is 8.67. The van der Waals surface area contributed by atoms with Crippen LogP contribution >= 0.6 is 25.3 Å². The number of sulfonamides is 1. The first-order chi connectivity index (χ1) is 16.9. The fraction of sp³-hybridized carbons (Fsp3) is 0.500. The monoisotopic (exact) mass is 556 g/mol. The van der Waals surface area contributed by atoms with E-state index in [-0.39, 0.29) is 47.5 Å². The van der Waals surface area contributed by atoms with Gasteiger partial charge in [-0.2, -0.15) is 25.3 Å². The lowest BCUT2D eigenvalue weighted by atomic mass is 10.1. The van der Waals surface area contributed by atoms with Gasteiger partial charge < -0.3 is 19.9 Å². The van der Waals surface area contributed by atoms with Gasteiger partial charge in [0.1, 0.15) is 6.61 Å². The number of alkyl carbamates (subject to hydrolysis) is 1. The Morgan fingerprint density at radius 1 is 1.03 bits per heavy atom. The number of hydrogen-bond acceptors (Lipinski definition) is 8. The topological polar surface area (TPSA) is 108 Å². The first-order valence-corrected chi connectivity index (χ1v) is 14.2. The smallest absolute Gasteiger partial charge is 0.407 e. The minimum absolute atomic E-state index is 0.00667. The van der Waals surface area contributed by atoms with Gasteiger partial charge in [-0.15, -0.1) is 0 Å². The summed E-state index contributed by atoms with van der Waals surface area (Å²) in [5.41, 5.74) is 0.916. The summed E-state index contributed by atoms with van der Waals surface area (Å²) in [5, 5.41) is 3.97. The summed E-state index contributed by atoms with van der Waals surface area (Å²) in [6.45, 7) is 4.32. The molecule has 12 heteroatoms. The van der Waals surface area contributed by atoms with Crippen LogP contribution in [-0.2, 0) is 19.6 Å². The standard InChI is InChI=1S/C24H36N4O5S3/c1-17(23(34)35)11-14-28(18(2)29)15-16-33-24(30)25-12-13-26-36(31,32)22-10-6-7-19-20(22)8-5-9-21(19)27(3)4/h5-10,17,23,26,34-35H,11-16H2,1-4H3,(H,25,30). The molecule has 1 unspecified atom stereocenters. The first-order valence-electron chi connectivity index (χ1n) is 11.6. The average molecular weight is 557 g/mol. The largest absolute Gasteiger partial charge is 0.448 e. The number of ether oxygens (including phenoxy) is 1. The van der Waals surface area contributed by atoms with Gasteiger partial charge in [0.05, 0.1) is 11.4 Å². The summed E-state index contributed by atoms with van der Waals surface area (Å²) < 4.78 is 33.4. The Balaban J connectivity index is 1.82. The zero-order valence-corrected chi connectivity index (χ0v) is 23.7. The molecule has 0 saturated carbocycles. The number of fused-ring (bicyclic) bond motifs is 1. The van der Waals surface area contributed by atoms with Crippen LogP contribution in [0.4, 0.5) is 10.5 Å². The van der Waals surface area contributed by atoms with E-state index in [0.717, 1.165) is 17.5 Å². The molecule has 2 amide bonds. The van der Waals surface area contributed by atoms with Gasteiger partial charge in [0.15, 0.2) is 0 Å². The number of carbonyl (C=O) groups is 2. The number of nitrogens with one attached hydrogen (secondary N) is 2. The van der Waals surface area contributed by atoms with Crippen molar-refractivity contribution in [3.63, 3.8) is 0 Å². The molecule has 0 aliphatic rings. The Kier molecular flexibility index (Phi) is 11.7. The highest BCUT2D eigenvalue weighted by atomic mass is 32.2. The second kappa shape index (κ2) is 14.0. The molecule has 0 bridgehead atoms. The summed E-state index contributed by atoms with van der Waals surface area (Å²) in [6.07, 6.45) is 0.0501. The van der Waals surface area contributed by atoms with Crippen molar-refractivity contribution < 1.29 is 22.7 Å². The molecule has 0 aromatic heterocycles. The Hall–Kier alpha value is -2.15. The molecule has 0 aliphatic carbocycles. The average Bonchev–Trinajstić information content (AvgIpc) is 2.82. The zero-order valence-electron chi connectivity index (χ0n) is 21.1. The Labute approximate surface area is 224 Å². The number of thiol groups is 2. The third-order valence-electron chi connectivity index (χ3n) is 5.72. The van der Waals surface area contributed by atoms with Gasteiger partial charge in [-0.1, -0.05) is 31.2 Å². The van der Waals surface area contributed by atoms with E-state index in [1.54, 1.807) is 23.1 Å². The fourth-order valence-corrected chi connectivity index (χ4v) is 5.10. The molecule has 0 saturated heterocycles. The second-order valence-corrected chi connectivity index (χ2v) is 11.9. The van der Waals surface area contributed by atoms with E-state index in [4.69, 9.17) is 4.74 Å². The zero-order chi connectivity index (χ0) is 26.9. The van der Waals surface area contributed by atoms with Gasteiger partial charge in [-0.3, -0.25) is 4.79 Å². The van der Waals surface area contributed by atoms with E-state index >= 15 is 0 Å². The minimum Gasteiger partial charge on any atom is -0.448 e. The number of hydrogen-bond donors (Lipinski definition) is 4. The fourth-order valence-electron chi connectivity index (χ4n) is 3.55. The summed E-state index contributed by atoms with van der Waals surface area (Å²) in [7, 11) is 0.00197. The molecule has 0 spiro atoms. The van der Waals surface area contributed by atoms with Crippen LogP contribution in [0.5, 0.6) is 0 Å². The van der Waals surface area contributed by atoms with Crippen molar-refractivity contribution >= 4 is 63.7 Å². The van der Waals surface area contributed by atoms with Crippen LogP contribution in [0.3, 0.4) is 0 Å². The third kappa shape index (κ3) is 8.75. The number of rotatable bonds is 13. The summed E-state index contributed by atoms with van der Waals surface area (Å²) >= 11 is 8.58. The molecule has 0 radical (unpaired) electrons. The van der Waals surface area contributed by atoms with E-state index < -0.39 is 16.1 Å². The number of benzene rings is 2. The van der Waals surface area contributed by atoms with Crippen molar-refractivity contribution in [1.82, 2.24) is 14.9 Å². The van der Waals surface area contributed by atoms with E-state index in [9.17, 15) is 18.0 Å². The van der Waals surface area contributed by atoms with Crippen LogP contribution in [0.2, 0.25) is 0 Å². The van der Waals surface area contributed by atoms with Crippen molar-refractivity contribution in [3.8, 4) is 0 Å². The normalized spacial score (nSPS) is 12.4. The van der Waals surface area contributed by atoms with Crippen LogP contribution in [0.1, 0.15) is 20.3 Å². The molecule has 0 heterocycles. The molecule has 0 aliphatic heterocycles. The van der Waals surface area contributed by atoms with Crippen molar-refractivity contribution in [2.24, 2.45) is 5.92 Å². The molecular weight excluding hydrogens is 520 g/mol. The van der Waals surface area contributed by atoms with Crippen LogP contribution < -0.4 is 14.9 Å². The lowest BCUT2D eigenvalue weighted by Crippen LogP contribution is -2.37. The predicted octanol–water partition coefficient (Wildman–Crippen LogP) is 2.97. The van der Waals surface area contributed by atoms with Crippen LogP contribution in [0.15, 0.2) is 41.3 Å². The van der Waals surface area contributed by atoms with Gasteiger partial charge in [0, 0.05) is 61.7 Å². The third-order valence-corrected chi connectivity index (χ3v) is 8.26. The molecule has 1 atom stereocenters. The molecule has 2 N–H and O–H groups in total. The highest BCUT2D eigenvalue weighted by molar-refractivity contribution is 7.99. The maximum Gasteiger partial charge on any atom is 0.407 e. The number of amides is 2. The van der Waals surface area contributed by atoms with Crippen LogP contribution in [0, 0.1) is 5.92 Å². The predicted molar refractivity (Wildman–Crippen MR) is 151 cm³/mol. The Morgan fingerprint density at radius 2 is 1.69 bits per heavy atom. The minimum atomic E-state index is -3.80. The van der Waals surface area contributed by atoms with Crippen LogP contribution in [0.25, 0.3) is 10.8 Å². The molecule has 2 rings (SSSR count). The quantitative estimate of drug-likeness (QED) is 0.172. The van der Waals surface area contributed by atoms with Gasteiger partial charge in [-0.25, -0.2) is 17.9 Å². The number of anilines is 1. The number of carbonyl (C=O) groups excluding carboxylic acids is 2. The maximum absolute atomic E-state index is 12.9. The van der Waals surface area contributed by atoms with Gasteiger partial charge in [-0.05, 0) is 24.5 Å². The Bertz CT molecular complexity index is 1140. The van der Waals surface area contributed by atoms with Crippen molar-refractivity contribution in [1.29, 1.82) is 0 Å². The summed E-state index contributed by atoms with van der Waals surface area (Å²) in [5.74, 6) is 0.108. The van der Waals surface area contributed by atoms with E-state index in [0.29, 0.717) is 11.9 Å². The summed E-state index contributed by atoms with van der Waals surface area (Å²) in [4.78, 5) is 27.5. The van der Waals surface area contributed by atoms with Gasteiger partial charge in [0.2, 0.25) is 15.9 Å². The molecule has 2 aromatic carbocycles. The highest BCUT2D eigenvalue weighted by Crippen LogP contribution is 2.30. The molecule has 0 fully saturated rings. The van der Waals surface area contributed by atoms with Gasteiger partial charge >= 0.3 is 6.09 Å². The SMILES string of the molecule is CC(=O)N(CCOC(=O)NCCNS(=O)(=O)c1cccc2c(N(C)C)cccc12)CCC(C)C(S)S. The first kappa shape index (κ1) is 30.1. The van der Waals surface area contributed by atoms with Crippen molar-refractivity contribution in [2.45, 2.75) is 29.7 Å². The maximum atomic E-state index is 12.9. The van der Waals surface area contributed by atoms with E-state index in [1.807, 2.05) is 44.1 Å². The molecule has 9 nitrogen and oxygen atoms in total. The Morgan fingerprint density at radius 3 is 2.33 bits per heavy atom. The van der Waals surface area contributed by atoms with Gasteiger partial charge in [0.25, 0.3) is 0 Å². The molecule has 200 valence electrons. The van der Waals surface area contributed by atoms with E-state index in [2.05, 4.69) is 35.3 Å². The summed E-state index contributed by atoms with van der Waals surface area (Å²) in [6, 6.07) is 10.7. The lowest BCUT2D eigenvalue weighted by Gasteiger charge is -2.23. The lowest BCUT2D eigenvalue weighted by molar-refractivity contribution is -0.129. The molecule has 36 heavy (non-hydrogen) atoms. The molecular formula is C24H36N4O5S3.